The topological polar surface area (TPSA) is 46.8 Å². The van der Waals surface area contributed by atoms with Gasteiger partial charge in [-0.25, -0.2) is 0 Å². The van der Waals surface area contributed by atoms with Gasteiger partial charge in [0.1, 0.15) is 0 Å². The number of hydrogen-bond acceptors (Lipinski definition) is 3. The van der Waals surface area contributed by atoms with Crippen molar-refractivity contribution in [2.75, 3.05) is 32.4 Å². The minimum atomic E-state index is 0.146. The van der Waals surface area contributed by atoms with Crippen LogP contribution >= 0.6 is 11.8 Å². The average molecular weight is 439 g/mol. The number of rotatable bonds is 3. The van der Waals surface area contributed by atoms with Crippen LogP contribution in [0.1, 0.15) is 37.8 Å². The Morgan fingerprint density at radius 2 is 1.81 bits per heavy atom. The number of fused-ring (bicyclic) bond motifs is 4. The smallest absolute Gasteiger partial charge is 0.250 e. The van der Waals surface area contributed by atoms with Crippen LogP contribution in [-0.4, -0.2) is 53.9 Å². The van der Waals surface area contributed by atoms with E-state index in [2.05, 4.69) is 35.1 Å². The minimum absolute atomic E-state index is 0.146. The quantitative estimate of drug-likeness (QED) is 0.748. The van der Waals surface area contributed by atoms with Crippen LogP contribution in [-0.2, 0) is 11.3 Å². The summed E-state index contributed by atoms with van der Waals surface area (Å²) < 4.78 is 2.08. The summed E-state index contributed by atoms with van der Waals surface area (Å²) in [6.45, 7) is 6.56. The Kier molecular flexibility index (Phi) is 5.69. The molecule has 164 valence electrons. The predicted molar refractivity (Wildman–Crippen MR) is 125 cm³/mol. The Morgan fingerprint density at radius 1 is 1.06 bits per heavy atom. The van der Waals surface area contributed by atoms with Crippen molar-refractivity contribution in [3.63, 3.8) is 0 Å². The van der Waals surface area contributed by atoms with Gasteiger partial charge in [0.15, 0.2) is 0 Å². The first kappa shape index (κ1) is 20.8. The second-order valence-corrected chi connectivity index (χ2v) is 10.3. The summed E-state index contributed by atoms with van der Waals surface area (Å²) in [5, 5.41) is 0. The summed E-state index contributed by atoms with van der Waals surface area (Å²) in [5.74, 6) is 1.20. The van der Waals surface area contributed by atoms with Gasteiger partial charge in [-0.05, 0) is 36.4 Å². The highest BCUT2D eigenvalue weighted by molar-refractivity contribution is 7.98. The molecule has 1 unspecified atom stereocenters. The van der Waals surface area contributed by atoms with Gasteiger partial charge in [0.25, 0.3) is 5.56 Å². The summed E-state index contributed by atoms with van der Waals surface area (Å²) in [5.41, 5.74) is 3.83. The molecule has 0 aliphatic carbocycles. The largest absolute Gasteiger partial charge is 0.342 e. The molecule has 3 aliphatic heterocycles. The first-order valence-corrected chi connectivity index (χ1v) is 12.7. The second-order valence-electron chi connectivity index (χ2n) is 9.46. The van der Waals surface area contributed by atoms with Crippen LogP contribution < -0.4 is 10.5 Å². The predicted octanol–water partition coefficient (Wildman–Crippen LogP) is 2.25. The van der Waals surface area contributed by atoms with E-state index < -0.39 is 0 Å². The van der Waals surface area contributed by atoms with Crippen molar-refractivity contribution in [2.45, 2.75) is 49.6 Å². The zero-order valence-corrected chi connectivity index (χ0v) is 19.3. The maximum Gasteiger partial charge on any atom is 0.250 e. The summed E-state index contributed by atoms with van der Waals surface area (Å²) >= 11 is 1.75. The maximum absolute atomic E-state index is 12.8. The fourth-order valence-corrected chi connectivity index (χ4v) is 6.53. The first-order valence-electron chi connectivity index (χ1n) is 11.5. The van der Waals surface area contributed by atoms with Crippen LogP contribution in [0.2, 0.25) is 0 Å². The van der Waals surface area contributed by atoms with Gasteiger partial charge in [0.2, 0.25) is 5.91 Å². The summed E-state index contributed by atoms with van der Waals surface area (Å²) in [7, 11) is 0. The highest BCUT2D eigenvalue weighted by Crippen LogP contribution is 2.37. The van der Waals surface area contributed by atoms with E-state index >= 15 is 0 Å². The van der Waals surface area contributed by atoms with Gasteiger partial charge < -0.3 is 14.4 Å². The summed E-state index contributed by atoms with van der Waals surface area (Å²) in [6.07, 6.45) is 5.48. The Bertz CT molecular complexity index is 1020. The maximum atomic E-state index is 12.8. The molecule has 3 aliphatic rings. The lowest BCUT2D eigenvalue weighted by molar-refractivity contribution is -0.937. The third-order valence-electron chi connectivity index (χ3n) is 7.65. The van der Waals surface area contributed by atoms with Crippen molar-refractivity contribution in [2.24, 2.45) is 5.92 Å². The number of nitrogens with zero attached hydrogens (tertiary/aromatic N) is 2. The molecule has 0 saturated carbocycles. The van der Waals surface area contributed by atoms with Gasteiger partial charge in [0, 0.05) is 73.5 Å². The number of quaternary nitrogens is 1. The summed E-state index contributed by atoms with van der Waals surface area (Å²) in [4.78, 5) is 29.4. The molecule has 3 atom stereocenters. The zero-order chi connectivity index (χ0) is 21.5. The van der Waals surface area contributed by atoms with E-state index in [-0.39, 0.29) is 11.5 Å². The number of carbonyl (C=O) groups is 1. The molecular formula is C25H32N3O2S+. The third-order valence-corrected chi connectivity index (χ3v) is 8.39. The van der Waals surface area contributed by atoms with Crippen molar-refractivity contribution < 1.29 is 9.69 Å². The van der Waals surface area contributed by atoms with Crippen LogP contribution in [0, 0.1) is 5.92 Å². The molecule has 0 spiro atoms. The number of piperidine rings is 2. The van der Waals surface area contributed by atoms with Crippen LogP contribution in [0.5, 0.6) is 0 Å². The van der Waals surface area contributed by atoms with E-state index in [4.69, 9.17) is 0 Å². The van der Waals surface area contributed by atoms with Gasteiger partial charge in [-0.1, -0.05) is 12.1 Å². The van der Waals surface area contributed by atoms with Crippen LogP contribution in [0.15, 0.2) is 46.1 Å². The highest BCUT2D eigenvalue weighted by Gasteiger charge is 2.41. The Labute approximate surface area is 188 Å². The third kappa shape index (κ3) is 3.96. The van der Waals surface area contributed by atoms with E-state index in [0.717, 1.165) is 45.6 Å². The lowest BCUT2D eigenvalue weighted by Gasteiger charge is -2.45. The number of hydrogen-bond donors (Lipinski definition) is 1. The number of benzene rings is 1. The molecule has 6 heteroatoms. The minimum Gasteiger partial charge on any atom is -0.342 e. The fraction of sp³-hybridized carbons (Fsp3) is 0.520. The lowest BCUT2D eigenvalue weighted by Crippen LogP contribution is -3.18. The molecule has 0 radical (unpaired) electrons. The number of pyridine rings is 1. The van der Waals surface area contributed by atoms with Crippen LogP contribution in [0.25, 0.3) is 11.1 Å². The fourth-order valence-electron chi connectivity index (χ4n) is 6.12. The summed E-state index contributed by atoms with van der Waals surface area (Å²) in [6, 6.07) is 13.2. The Morgan fingerprint density at radius 3 is 2.48 bits per heavy atom. The van der Waals surface area contributed by atoms with Crippen molar-refractivity contribution in [3.8, 4) is 11.1 Å². The zero-order valence-electron chi connectivity index (χ0n) is 18.5. The number of thioether (sulfide) groups is 1. The standard InChI is InChI=1S/C25H31N3O2S/c1-17(29)26-11-9-21(10-12-26)27-14-18-13-20(16-27)25-23(7-8-24(30)28(25)15-18)19-3-5-22(31-2)6-4-19/h3-8,18,20-21H,9-16H2,1-2H3/p+1/t18-,20+/m0/s1. The van der Waals surface area contributed by atoms with Crippen LogP contribution in [0.3, 0.4) is 0 Å². The van der Waals surface area contributed by atoms with E-state index in [1.165, 1.54) is 28.1 Å². The average Bonchev–Trinajstić information content (AvgIpc) is 2.80. The molecule has 5 nitrogen and oxygen atoms in total. The van der Waals surface area contributed by atoms with E-state index in [0.29, 0.717) is 17.9 Å². The Hall–Kier alpha value is -2.05. The molecule has 2 fully saturated rings. The molecule has 4 heterocycles. The Balaban J connectivity index is 1.43. The number of aromatic nitrogens is 1. The number of nitrogens with one attached hydrogen (secondary N) is 1. The van der Waals surface area contributed by atoms with Crippen molar-refractivity contribution in [1.82, 2.24) is 9.47 Å². The molecule has 1 N–H and O–H groups in total. The van der Waals surface area contributed by atoms with E-state index in [1.54, 1.807) is 29.7 Å². The normalized spacial score (nSPS) is 25.9. The monoisotopic (exact) mass is 438 g/mol. The molecule has 2 aromatic rings. The van der Waals surface area contributed by atoms with Gasteiger partial charge in [-0.15, -0.1) is 11.8 Å². The molecule has 5 rings (SSSR count). The first-order chi connectivity index (χ1) is 15.0. The molecule has 1 amide bonds. The SMILES string of the molecule is CSc1ccc(-c2ccc(=O)n3c2[C@@H]2C[C@H](C3)C[NH+](C3CCN(C(C)=O)CC3)C2)cc1. The van der Waals surface area contributed by atoms with Crippen molar-refractivity contribution >= 4 is 17.7 Å². The highest BCUT2D eigenvalue weighted by atomic mass is 32.2. The van der Waals surface area contributed by atoms with Crippen molar-refractivity contribution in [1.29, 1.82) is 0 Å². The van der Waals surface area contributed by atoms with Gasteiger partial charge in [-0.2, -0.15) is 0 Å². The van der Waals surface area contributed by atoms with Gasteiger partial charge >= 0.3 is 0 Å². The van der Waals surface area contributed by atoms with Gasteiger partial charge in [0.05, 0.1) is 19.1 Å². The molecule has 1 aromatic heterocycles. The number of amides is 1. The van der Waals surface area contributed by atoms with E-state index in [1.807, 2.05) is 11.0 Å². The van der Waals surface area contributed by atoms with Crippen LogP contribution in [0.4, 0.5) is 0 Å². The van der Waals surface area contributed by atoms with E-state index in [9.17, 15) is 9.59 Å². The van der Waals surface area contributed by atoms with Crippen molar-refractivity contribution in [3.05, 3.63) is 52.4 Å². The molecule has 1 aromatic carbocycles. The van der Waals surface area contributed by atoms with Gasteiger partial charge in [-0.3, -0.25) is 9.59 Å². The number of carbonyl (C=O) groups excluding carboxylic acids is 1. The molecule has 31 heavy (non-hydrogen) atoms. The lowest BCUT2D eigenvalue weighted by atomic mass is 9.79. The molecule has 2 bridgehead atoms. The number of likely N-dealkylation sites (tertiary alicyclic amines) is 2. The molecule has 2 saturated heterocycles. The molecular weight excluding hydrogens is 406 g/mol. The second kappa shape index (κ2) is 8.47.